The molecule has 0 bridgehead atoms. The highest BCUT2D eigenvalue weighted by Gasteiger charge is 2.28. The molecule has 2 rings (SSSR count). The van der Waals surface area contributed by atoms with E-state index in [1.54, 1.807) is 7.05 Å². The predicted molar refractivity (Wildman–Crippen MR) is 101 cm³/mol. The molecule has 0 heterocycles. The molecule has 1 atom stereocenters. The fraction of sp³-hybridized carbons (Fsp3) is 0.278. The highest BCUT2D eigenvalue weighted by atomic mass is 79.9. The number of nitrogens with one attached hydrogen (secondary N) is 2. The molecule has 1 amide bonds. The number of amides is 1. The van der Waals surface area contributed by atoms with Crippen LogP contribution in [0.1, 0.15) is 18.1 Å². The number of likely N-dealkylation sites (N-methyl/N-ethyl adjacent to an activating group) is 1. The molecule has 2 N–H and O–H groups in total. The van der Waals surface area contributed by atoms with Crippen LogP contribution in [0.4, 0.5) is 0 Å². The van der Waals surface area contributed by atoms with Gasteiger partial charge in [0, 0.05) is 4.47 Å². The van der Waals surface area contributed by atoms with Gasteiger partial charge in [0.15, 0.2) is 0 Å². The Labute approximate surface area is 152 Å². The van der Waals surface area contributed by atoms with Crippen LogP contribution in [0.5, 0.6) is 0 Å². The van der Waals surface area contributed by atoms with E-state index in [9.17, 15) is 4.79 Å². The Morgan fingerprint density at radius 3 is 2.43 bits per heavy atom. The number of carbonyl (C=O) groups excluding carboxylic acids is 1. The van der Waals surface area contributed by atoms with Crippen molar-refractivity contribution in [3.8, 4) is 0 Å². The van der Waals surface area contributed by atoms with Gasteiger partial charge < -0.3 is 10.6 Å². The van der Waals surface area contributed by atoms with E-state index in [0.717, 1.165) is 16.5 Å². The molecule has 2 aromatic carbocycles. The number of rotatable bonds is 6. The fourth-order valence-electron chi connectivity index (χ4n) is 2.59. The highest BCUT2D eigenvalue weighted by Crippen LogP contribution is 2.26. The molecule has 0 spiro atoms. The molecule has 0 saturated heterocycles. The largest absolute Gasteiger partial charge is 0.345 e. The summed E-state index contributed by atoms with van der Waals surface area (Å²) in [5, 5.41) is 6.06. The molecule has 0 fully saturated rings. The summed E-state index contributed by atoms with van der Waals surface area (Å²) in [6.45, 7) is 2.37. The third-order valence-electron chi connectivity index (χ3n) is 3.61. The Bertz CT molecular complexity index is 636. The average molecular weight is 398 g/mol. The van der Waals surface area contributed by atoms with E-state index in [1.165, 1.54) is 5.56 Å². The molecule has 0 aromatic heterocycles. The number of hydrogen-bond acceptors (Lipinski definition) is 2. The second kappa shape index (κ2) is 9.06. The monoisotopic (exact) mass is 396 g/mol. The fourth-order valence-corrected chi connectivity index (χ4v) is 3.04. The molecule has 5 heteroatoms. The molecule has 0 radical (unpaired) electrons. The predicted octanol–water partition coefficient (Wildman–Crippen LogP) is 3.66. The quantitative estimate of drug-likeness (QED) is 0.781. The molecule has 3 nitrogen and oxygen atoms in total. The minimum absolute atomic E-state index is 0. The second-order valence-corrected chi connectivity index (χ2v) is 6.50. The van der Waals surface area contributed by atoms with Crippen LogP contribution >= 0.6 is 28.3 Å². The molecule has 23 heavy (non-hydrogen) atoms. The van der Waals surface area contributed by atoms with Crippen LogP contribution in [0.3, 0.4) is 0 Å². The summed E-state index contributed by atoms with van der Waals surface area (Å²) < 4.78 is 1.04. The van der Waals surface area contributed by atoms with Gasteiger partial charge in [-0.3, -0.25) is 4.79 Å². The molecule has 1 unspecified atom stereocenters. The zero-order valence-electron chi connectivity index (χ0n) is 13.3. The average Bonchev–Trinajstić information content (AvgIpc) is 2.48. The highest BCUT2D eigenvalue weighted by molar-refractivity contribution is 9.10. The SMILES string of the molecule is CNCC(=O)NC(C)(Cc1cccc(Br)c1)c1ccccc1.Cl. The first-order valence-corrected chi connectivity index (χ1v) is 8.08. The summed E-state index contributed by atoms with van der Waals surface area (Å²) in [4.78, 5) is 12.1. The Kier molecular flexibility index (Phi) is 7.76. The minimum Gasteiger partial charge on any atom is -0.345 e. The van der Waals surface area contributed by atoms with Gasteiger partial charge in [-0.15, -0.1) is 12.4 Å². The van der Waals surface area contributed by atoms with Gasteiger partial charge in [0.05, 0.1) is 12.1 Å². The van der Waals surface area contributed by atoms with Crippen molar-refractivity contribution in [1.29, 1.82) is 0 Å². The molecule has 0 aliphatic carbocycles. The topological polar surface area (TPSA) is 41.1 Å². The van der Waals surface area contributed by atoms with Gasteiger partial charge in [-0.25, -0.2) is 0 Å². The van der Waals surface area contributed by atoms with E-state index < -0.39 is 5.54 Å². The van der Waals surface area contributed by atoms with Gasteiger partial charge in [-0.1, -0.05) is 58.4 Å². The van der Waals surface area contributed by atoms with Gasteiger partial charge in [-0.05, 0) is 43.7 Å². The molecule has 0 aliphatic rings. The Morgan fingerprint density at radius 2 is 1.83 bits per heavy atom. The normalized spacial score (nSPS) is 12.8. The van der Waals surface area contributed by atoms with Crippen molar-refractivity contribution >= 4 is 34.2 Å². The van der Waals surface area contributed by atoms with Crippen molar-refractivity contribution < 1.29 is 4.79 Å². The van der Waals surface area contributed by atoms with Crippen LogP contribution in [0, 0.1) is 0 Å². The first-order valence-electron chi connectivity index (χ1n) is 7.29. The summed E-state index contributed by atoms with van der Waals surface area (Å²) >= 11 is 3.50. The summed E-state index contributed by atoms with van der Waals surface area (Å²) in [6.07, 6.45) is 0.728. The van der Waals surface area contributed by atoms with Gasteiger partial charge in [0.1, 0.15) is 0 Å². The number of carbonyl (C=O) groups is 1. The maximum absolute atomic E-state index is 12.1. The zero-order chi connectivity index (χ0) is 16.0. The molecular formula is C18H22BrClN2O. The van der Waals surface area contributed by atoms with Crippen LogP contribution in [0.2, 0.25) is 0 Å². The van der Waals surface area contributed by atoms with E-state index >= 15 is 0 Å². The lowest BCUT2D eigenvalue weighted by molar-refractivity contribution is -0.122. The minimum atomic E-state index is -0.448. The van der Waals surface area contributed by atoms with Gasteiger partial charge >= 0.3 is 0 Å². The van der Waals surface area contributed by atoms with Crippen molar-refractivity contribution in [2.24, 2.45) is 0 Å². The van der Waals surface area contributed by atoms with E-state index in [0.29, 0.717) is 6.54 Å². The number of hydrogen-bond donors (Lipinski definition) is 2. The number of benzene rings is 2. The summed E-state index contributed by atoms with van der Waals surface area (Å²) in [6, 6.07) is 18.3. The standard InChI is InChI=1S/C18H21BrN2O.ClH/c1-18(21-17(22)13-20-2,15-8-4-3-5-9-15)12-14-7-6-10-16(19)11-14;/h3-11,20H,12-13H2,1-2H3,(H,21,22);1H. The third-order valence-corrected chi connectivity index (χ3v) is 4.10. The van der Waals surface area contributed by atoms with Crippen molar-refractivity contribution in [3.05, 3.63) is 70.2 Å². The smallest absolute Gasteiger partial charge is 0.234 e. The van der Waals surface area contributed by atoms with Crippen LogP contribution in [-0.2, 0) is 16.8 Å². The maximum atomic E-state index is 12.1. The van der Waals surface area contributed by atoms with Crippen molar-refractivity contribution in [2.45, 2.75) is 18.9 Å². The van der Waals surface area contributed by atoms with E-state index in [4.69, 9.17) is 0 Å². The van der Waals surface area contributed by atoms with Crippen LogP contribution in [0.25, 0.3) is 0 Å². The van der Waals surface area contributed by atoms with Crippen molar-refractivity contribution in [2.75, 3.05) is 13.6 Å². The zero-order valence-corrected chi connectivity index (χ0v) is 15.7. The van der Waals surface area contributed by atoms with Crippen LogP contribution < -0.4 is 10.6 Å². The van der Waals surface area contributed by atoms with Gasteiger partial charge in [-0.2, -0.15) is 0 Å². The molecule has 2 aromatic rings. The molecular weight excluding hydrogens is 376 g/mol. The summed E-state index contributed by atoms with van der Waals surface area (Å²) in [5.74, 6) is -0.0103. The lowest BCUT2D eigenvalue weighted by Gasteiger charge is -2.32. The van der Waals surface area contributed by atoms with Crippen molar-refractivity contribution in [1.82, 2.24) is 10.6 Å². The molecule has 0 aliphatic heterocycles. The first-order chi connectivity index (χ1) is 10.5. The Balaban J connectivity index is 0.00000264. The number of halogens is 2. The van der Waals surface area contributed by atoms with E-state index in [2.05, 4.69) is 57.8 Å². The summed E-state index contributed by atoms with van der Waals surface area (Å²) in [5.41, 5.74) is 1.82. The maximum Gasteiger partial charge on any atom is 0.234 e. The third kappa shape index (κ3) is 5.65. The lowest BCUT2D eigenvalue weighted by atomic mass is 9.85. The lowest BCUT2D eigenvalue weighted by Crippen LogP contribution is -2.47. The van der Waals surface area contributed by atoms with Gasteiger partial charge in [0.25, 0.3) is 0 Å². The Hall–Kier alpha value is -1.36. The van der Waals surface area contributed by atoms with Crippen molar-refractivity contribution in [3.63, 3.8) is 0 Å². The van der Waals surface area contributed by atoms with E-state index in [1.807, 2.05) is 30.3 Å². The molecule has 124 valence electrons. The van der Waals surface area contributed by atoms with Crippen LogP contribution in [0.15, 0.2) is 59.1 Å². The van der Waals surface area contributed by atoms with E-state index in [-0.39, 0.29) is 18.3 Å². The Morgan fingerprint density at radius 1 is 1.13 bits per heavy atom. The van der Waals surface area contributed by atoms with Crippen LogP contribution in [-0.4, -0.2) is 19.5 Å². The molecule has 0 saturated carbocycles. The second-order valence-electron chi connectivity index (χ2n) is 5.58. The summed E-state index contributed by atoms with van der Waals surface area (Å²) in [7, 11) is 1.77. The first kappa shape index (κ1) is 19.7. The van der Waals surface area contributed by atoms with Gasteiger partial charge in [0.2, 0.25) is 5.91 Å².